The summed E-state index contributed by atoms with van der Waals surface area (Å²) in [4.78, 5) is 24.5. The number of esters is 1. The second kappa shape index (κ2) is 7.72. The Hall–Kier alpha value is -2.99. The van der Waals surface area contributed by atoms with Crippen molar-refractivity contribution in [3.8, 4) is 0 Å². The maximum atomic E-state index is 12.9. The lowest BCUT2D eigenvalue weighted by Gasteiger charge is -2.10. The van der Waals surface area contributed by atoms with Crippen molar-refractivity contribution in [1.29, 1.82) is 0 Å². The highest BCUT2D eigenvalue weighted by Crippen LogP contribution is 2.19. The van der Waals surface area contributed by atoms with Crippen LogP contribution in [0.5, 0.6) is 0 Å². The highest BCUT2D eigenvalue weighted by atomic mass is 32.1. The van der Waals surface area contributed by atoms with E-state index < -0.39 is 5.97 Å². The van der Waals surface area contributed by atoms with E-state index in [1.54, 1.807) is 53.2 Å². The summed E-state index contributed by atoms with van der Waals surface area (Å²) in [6.07, 6.45) is 0. The highest BCUT2D eigenvalue weighted by Gasteiger charge is 2.15. The number of anilines is 1. The number of rotatable bonds is 5. The second-order valence-corrected chi connectivity index (χ2v) is 5.99. The molecule has 0 bridgehead atoms. The number of halogens is 1. The van der Waals surface area contributed by atoms with Crippen molar-refractivity contribution >= 4 is 28.9 Å². The van der Waals surface area contributed by atoms with E-state index in [1.807, 2.05) is 0 Å². The molecule has 0 unspecified atom stereocenters. The van der Waals surface area contributed by atoms with Gasteiger partial charge >= 0.3 is 5.97 Å². The number of hydrogen-bond acceptors (Lipinski definition) is 4. The number of ether oxygens (including phenoxy) is 1. The van der Waals surface area contributed by atoms with Crippen LogP contribution in [0.3, 0.4) is 0 Å². The van der Waals surface area contributed by atoms with Crippen LogP contribution >= 0.6 is 11.3 Å². The molecule has 0 aliphatic heterocycles. The Morgan fingerprint density at radius 3 is 2.52 bits per heavy atom. The van der Waals surface area contributed by atoms with Gasteiger partial charge in [-0.15, -0.1) is 0 Å². The molecular formula is C19H14FNO3S. The molecule has 25 heavy (non-hydrogen) atoms. The number of amides is 1. The maximum Gasteiger partial charge on any atom is 0.340 e. The minimum Gasteiger partial charge on any atom is -0.457 e. The van der Waals surface area contributed by atoms with E-state index in [9.17, 15) is 14.0 Å². The van der Waals surface area contributed by atoms with Gasteiger partial charge in [-0.05, 0) is 41.3 Å². The number of thiophene rings is 1. The summed E-state index contributed by atoms with van der Waals surface area (Å²) in [6, 6.07) is 14.0. The predicted molar refractivity (Wildman–Crippen MR) is 94.2 cm³/mol. The van der Waals surface area contributed by atoms with Gasteiger partial charge in [-0.2, -0.15) is 11.3 Å². The Morgan fingerprint density at radius 2 is 1.80 bits per heavy atom. The van der Waals surface area contributed by atoms with Crippen molar-refractivity contribution in [3.63, 3.8) is 0 Å². The molecule has 0 aliphatic rings. The summed E-state index contributed by atoms with van der Waals surface area (Å²) in [5.41, 5.74) is 1.84. The van der Waals surface area contributed by atoms with Crippen molar-refractivity contribution in [1.82, 2.24) is 0 Å². The maximum absolute atomic E-state index is 12.9. The van der Waals surface area contributed by atoms with Crippen LogP contribution in [0.4, 0.5) is 10.1 Å². The van der Waals surface area contributed by atoms with Crippen LogP contribution in [0.25, 0.3) is 0 Å². The van der Waals surface area contributed by atoms with Crippen LogP contribution in [0.1, 0.15) is 26.3 Å². The van der Waals surface area contributed by atoms with Crippen LogP contribution in [0, 0.1) is 5.82 Å². The fourth-order valence-electron chi connectivity index (χ4n) is 2.17. The molecule has 2 aromatic carbocycles. The number of hydrogen-bond donors (Lipinski definition) is 1. The quantitative estimate of drug-likeness (QED) is 0.686. The molecule has 1 amide bonds. The minimum absolute atomic E-state index is 0.0198. The number of carbonyl (C=O) groups is 2. The fraction of sp³-hybridized carbons (Fsp3) is 0.0526. The molecule has 1 aromatic heterocycles. The van der Waals surface area contributed by atoms with Gasteiger partial charge in [-0.25, -0.2) is 9.18 Å². The summed E-state index contributed by atoms with van der Waals surface area (Å²) in [5, 5.41) is 6.25. The van der Waals surface area contributed by atoms with Gasteiger partial charge in [0.15, 0.2) is 0 Å². The zero-order valence-electron chi connectivity index (χ0n) is 13.1. The van der Waals surface area contributed by atoms with Crippen molar-refractivity contribution < 1.29 is 18.7 Å². The number of benzene rings is 2. The van der Waals surface area contributed by atoms with E-state index in [4.69, 9.17) is 4.74 Å². The van der Waals surface area contributed by atoms with Crippen LogP contribution in [-0.4, -0.2) is 11.9 Å². The first-order chi connectivity index (χ1) is 12.1. The number of para-hydroxylation sites is 1. The Morgan fingerprint density at radius 1 is 1.04 bits per heavy atom. The lowest BCUT2D eigenvalue weighted by Crippen LogP contribution is -2.15. The molecule has 0 spiro atoms. The normalized spacial score (nSPS) is 10.3. The van der Waals surface area contributed by atoms with E-state index in [-0.39, 0.29) is 23.9 Å². The molecule has 0 atom stereocenters. The molecule has 3 aromatic rings. The molecule has 0 saturated carbocycles. The molecule has 1 heterocycles. The van der Waals surface area contributed by atoms with E-state index in [2.05, 4.69) is 5.32 Å². The van der Waals surface area contributed by atoms with E-state index in [0.29, 0.717) is 16.8 Å². The third-order valence-corrected chi connectivity index (χ3v) is 4.14. The van der Waals surface area contributed by atoms with Crippen LogP contribution in [0.15, 0.2) is 65.4 Å². The van der Waals surface area contributed by atoms with Crippen molar-refractivity contribution in [2.75, 3.05) is 5.32 Å². The third kappa shape index (κ3) is 4.30. The summed E-state index contributed by atoms with van der Waals surface area (Å²) in [5.74, 6) is -1.21. The van der Waals surface area contributed by atoms with Gasteiger partial charge in [0, 0.05) is 5.38 Å². The van der Waals surface area contributed by atoms with Gasteiger partial charge in [0.1, 0.15) is 12.4 Å². The molecule has 0 aliphatic carbocycles. The number of carbonyl (C=O) groups excluding carboxylic acids is 2. The van der Waals surface area contributed by atoms with Crippen molar-refractivity contribution in [2.24, 2.45) is 0 Å². The van der Waals surface area contributed by atoms with Gasteiger partial charge in [0.2, 0.25) is 0 Å². The topological polar surface area (TPSA) is 55.4 Å². The molecule has 126 valence electrons. The molecule has 1 N–H and O–H groups in total. The lowest BCUT2D eigenvalue weighted by atomic mass is 10.1. The molecule has 0 radical (unpaired) electrons. The van der Waals surface area contributed by atoms with Gasteiger partial charge in [-0.1, -0.05) is 24.3 Å². The first kappa shape index (κ1) is 16.9. The standard InChI is InChI=1S/C19H14FNO3S/c20-15-7-5-13(6-8-15)11-24-19(23)16-3-1-2-4-17(16)21-18(22)14-9-10-25-12-14/h1-10,12H,11H2,(H,21,22). The summed E-state index contributed by atoms with van der Waals surface area (Å²) < 4.78 is 18.2. The van der Waals surface area contributed by atoms with Crippen molar-refractivity contribution in [2.45, 2.75) is 6.61 Å². The minimum atomic E-state index is -0.564. The van der Waals surface area contributed by atoms with Gasteiger partial charge in [-0.3, -0.25) is 4.79 Å². The summed E-state index contributed by atoms with van der Waals surface area (Å²) in [7, 11) is 0. The van der Waals surface area contributed by atoms with E-state index in [0.717, 1.165) is 0 Å². The lowest BCUT2D eigenvalue weighted by molar-refractivity contribution is 0.0474. The first-order valence-corrected chi connectivity index (χ1v) is 8.42. The predicted octanol–water partition coefficient (Wildman–Crippen LogP) is 4.50. The Kier molecular flexibility index (Phi) is 5.20. The monoisotopic (exact) mass is 355 g/mol. The molecule has 4 nitrogen and oxygen atoms in total. The molecule has 0 saturated heterocycles. The summed E-state index contributed by atoms with van der Waals surface area (Å²) >= 11 is 1.42. The average Bonchev–Trinajstić information content (AvgIpc) is 3.16. The Balaban J connectivity index is 1.70. The zero-order chi connectivity index (χ0) is 17.6. The second-order valence-electron chi connectivity index (χ2n) is 5.21. The smallest absolute Gasteiger partial charge is 0.340 e. The summed E-state index contributed by atoms with van der Waals surface area (Å²) in [6.45, 7) is 0.0198. The first-order valence-electron chi connectivity index (χ1n) is 7.47. The molecule has 3 rings (SSSR count). The zero-order valence-corrected chi connectivity index (χ0v) is 13.9. The largest absolute Gasteiger partial charge is 0.457 e. The third-order valence-electron chi connectivity index (χ3n) is 3.46. The molecule has 6 heteroatoms. The van der Waals surface area contributed by atoms with Gasteiger partial charge in [0.25, 0.3) is 5.91 Å². The SMILES string of the molecule is O=C(Nc1ccccc1C(=O)OCc1ccc(F)cc1)c1ccsc1. The Labute approximate surface area is 147 Å². The molecular weight excluding hydrogens is 341 g/mol. The average molecular weight is 355 g/mol. The van der Waals surface area contributed by atoms with Crippen molar-refractivity contribution in [3.05, 3.63) is 87.9 Å². The van der Waals surface area contributed by atoms with Gasteiger partial charge in [0.05, 0.1) is 16.8 Å². The van der Waals surface area contributed by atoms with E-state index in [1.165, 1.54) is 23.5 Å². The van der Waals surface area contributed by atoms with Crippen LogP contribution in [0.2, 0.25) is 0 Å². The number of nitrogens with one attached hydrogen (secondary N) is 1. The molecule has 0 fully saturated rings. The van der Waals surface area contributed by atoms with Crippen LogP contribution < -0.4 is 5.32 Å². The Bertz CT molecular complexity index is 876. The fourth-order valence-corrected chi connectivity index (χ4v) is 2.80. The van der Waals surface area contributed by atoms with Gasteiger partial charge < -0.3 is 10.1 Å². The van der Waals surface area contributed by atoms with Crippen LogP contribution in [-0.2, 0) is 11.3 Å². The van der Waals surface area contributed by atoms with E-state index >= 15 is 0 Å². The highest BCUT2D eigenvalue weighted by molar-refractivity contribution is 7.08.